The molecular weight excluding hydrogens is 248 g/mol. The molecule has 1 saturated carbocycles. The lowest BCUT2D eigenvalue weighted by atomic mass is 10.0. The fraction of sp³-hybridized carbons (Fsp3) is 0.750. The Morgan fingerprint density at radius 1 is 1.25 bits per heavy atom. The summed E-state index contributed by atoms with van der Waals surface area (Å²) in [6.45, 7) is 8.65. The zero-order valence-electron chi connectivity index (χ0n) is 12.7. The first-order valence-electron chi connectivity index (χ1n) is 7.99. The average Bonchev–Trinajstić information content (AvgIpc) is 2.99. The van der Waals surface area contributed by atoms with Crippen LogP contribution in [0, 0.1) is 17.8 Å². The van der Waals surface area contributed by atoms with Crippen molar-refractivity contribution in [2.24, 2.45) is 17.8 Å². The average molecular weight is 274 g/mol. The molecule has 3 rings (SSSR count). The summed E-state index contributed by atoms with van der Waals surface area (Å²) in [4.78, 5) is 11.6. The zero-order valence-corrected chi connectivity index (χ0v) is 12.7. The Morgan fingerprint density at radius 3 is 2.70 bits per heavy atom. The van der Waals surface area contributed by atoms with Gasteiger partial charge in [0, 0.05) is 25.8 Å². The summed E-state index contributed by atoms with van der Waals surface area (Å²) >= 11 is 0. The van der Waals surface area contributed by atoms with Crippen LogP contribution in [0.1, 0.15) is 38.8 Å². The van der Waals surface area contributed by atoms with Crippen LogP contribution in [0.25, 0.3) is 0 Å². The molecule has 0 bridgehead atoms. The van der Waals surface area contributed by atoms with E-state index in [1.165, 1.54) is 32.4 Å². The highest BCUT2D eigenvalue weighted by Crippen LogP contribution is 2.38. The van der Waals surface area contributed by atoms with Gasteiger partial charge in [0.25, 0.3) is 0 Å². The SMILES string of the molecule is CC(C)CNCc1cncc(N2CC3CCCC3C2)n1. The highest BCUT2D eigenvalue weighted by molar-refractivity contribution is 5.38. The van der Waals surface area contributed by atoms with Gasteiger partial charge in [-0.2, -0.15) is 0 Å². The van der Waals surface area contributed by atoms with Crippen molar-refractivity contribution in [2.45, 2.75) is 39.7 Å². The van der Waals surface area contributed by atoms with E-state index in [0.717, 1.165) is 36.4 Å². The molecule has 4 heteroatoms. The summed E-state index contributed by atoms with van der Waals surface area (Å²) in [5, 5.41) is 3.44. The molecule has 2 heterocycles. The van der Waals surface area contributed by atoms with Gasteiger partial charge in [-0.3, -0.25) is 4.98 Å². The van der Waals surface area contributed by atoms with Crippen LogP contribution in [0.3, 0.4) is 0 Å². The van der Waals surface area contributed by atoms with Gasteiger partial charge in [-0.15, -0.1) is 0 Å². The summed E-state index contributed by atoms with van der Waals surface area (Å²) in [6, 6.07) is 0. The second-order valence-electron chi connectivity index (χ2n) is 6.75. The number of fused-ring (bicyclic) bond motifs is 1. The minimum Gasteiger partial charge on any atom is -0.355 e. The van der Waals surface area contributed by atoms with Gasteiger partial charge in [0.05, 0.1) is 11.9 Å². The second-order valence-corrected chi connectivity index (χ2v) is 6.75. The van der Waals surface area contributed by atoms with Gasteiger partial charge in [0.15, 0.2) is 0 Å². The molecule has 1 aromatic heterocycles. The quantitative estimate of drug-likeness (QED) is 0.895. The van der Waals surface area contributed by atoms with E-state index in [1.54, 1.807) is 0 Å². The monoisotopic (exact) mass is 274 g/mol. The Morgan fingerprint density at radius 2 is 2.00 bits per heavy atom. The van der Waals surface area contributed by atoms with Crippen molar-refractivity contribution >= 4 is 5.82 Å². The first-order valence-corrected chi connectivity index (χ1v) is 7.99. The van der Waals surface area contributed by atoms with Crippen molar-refractivity contribution < 1.29 is 0 Å². The molecule has 20 heavy (non-hydrogen) atoms. The number of anilines is 1. The van der Waals surface area contributed by atoms with Crippen LogP contribution in [0.15, 0.2) is 12.4 Å². The molecule has 4 nitrogen and oxygen atoms in total. The maximum Gasteiger partial charge on any atom is 0.147 e. The van der Waals surface area contributed by atoms with Crippen LogP contribution in [-0.2, 0) is 6.54 Å². The van der Waals surface area contributed by atoms with Crippen molar-refractivity contribution in [1.82, 2.24) is 15.3 Å². The van der Waals surface area contributed by atoms with E-state index in [4.69, 9.17) is 4.98 Å². The lowest BCUT2D eigenvalue weighted by Gasteiger charge is -2.18. The molecule has 110 valence electrons. The summed E-state index contributed by atoms with van der Waals surface area (Å²) < 4.78 is 0. The van der Waals surface area contributed by atoms with Crippen LogP contribution in [0.5, 0.6) is 0 Å². The van der Waals surface area contributed by atoms with Crippen LogP contribution in [-0.4, -0.2) is 29.6 Å². The van der Waals surface area contributed by atoms with E-state index >= 15 is 0 Å². The first kappa shape index (κ1) is 13.8. The highest BCUT2D eigenvalue weighted by atomic mass is 15.2. The smallest absolute Gasteiger partial charge is 0.147 e. The van der Waals surface area contributed by atoms with Crippen LogP contribution in [0.4, 0.5) is 5.82 Å². The Balaban J connectivity index is 1.60. The molecule has 1 aliphatic carbocycles. The molecule has 1 N–H and O–H groups in total. The summed E-state index contributed by atoms with van der Waals surface area (Å²) in [6.07, 6.45) is 8.04. The summed E-state index contributed by atoms with van der Waals surface area (Å²) in [5.41, 5.74) is 1.06. The van der Waals surface area contributed by atoms with Crippen molar-refractivity contribution in [1.29, 1.82) is 0 Å². The number of hydrogen-bond acceptors (Lipinski definition) is 4. The van der Waals surface area contributed by atoms with Gasteiger partial charge in [0.2, 0.25) is 0 Å². The van der Waals surface area contributed by atoms with Crippen molar-refractivity contribution in [3.05, 3.63) is 18.1 Å². The maximum absolute atomic E-state index is 4.78. The predicted molar refractivity (Wildman–Crippen MR) is 81.6 cm³/mol. The van der Waals surface area contributed by atoms with Gasteiger partial charge in [-0.05, 0) is 37.1 Å². The molecule has 0 spiro atoms. The minimum atomic E-state index is 0.670. The molecule has 0 aromatic carbocycles. The number of hydrogen-bond donors (Lipinski definition) is 1. The van der Waals surface area contributed by atoms with Gasteiger partial charge >= 0.3 is 0 Å². The number of rotatable bonds is 5. The van der Waals surface area contributed by atoms with Crippen molar-refractivity contribution in [3.8, 4) is 0 Å². The van der Waals surface area contributed by atoms with Crippen LogP contribution >= 0.6 is 0 Å². The molecule has 1 aliphatic heterocycles. The zero-order chi connectivity index (χ0) is 13.9. The van der Waals surface area contributed by atoms with Crippen molar-refractivity contribution in [2.75, 3.05) is 24.5 Å². The second kappa shape index (κ2) is 6.08. The summed E-state index contributed by atoms with van der Waals surface area (Å²) in [7, 11) is 0. The fourth-order valence-electron chi connectivity index (χ4n) is 3.54. The highest BCUT2D eigenvalue weighted by Gasteiger charge is 2.36. The number of nitrogens with one attached hydrogen (secondary N) is 1. The van der Waals surface area contributed by atoms with E-state index in [2.05, 4.69) is 29.0 Å². The molecule has 1 aromatic rings. The third kappa shape index (κ3) is 3.11. The van der Waals surface area contributed by atoms with E-state index in [-0.39, 0.29) is 0 Å². The first-order chi connectivity index (χ1) is 9.72. The molecule has 2 aliphatic rings. The van der Waals surface area contributed by atoms with Gasteiger partial charge in [0.1, 0.15) is 5.82 Å². The van der Waals surface area contributed by atoms with E-state index in [9.17, 15) is 0 Å². The van der Waals surface area contributed by atoms with Gasteiger partial charge in [-0.1, -0.05) is 20.3 Å². The summed E-state index contributed by atoms with van der Waals surface area (Å²) in [5.74, 6) is 3.55. The molecular formula is C16H26N4. The Bertz CT molecular complexity index is 434. The van der Waals surface area contributed by atoms with Crippen LogP contribution in [0.2, 0.25) is 0 Å². The molecule has 2 fully saturated rings. The topological polar surface area (TPSA) is 41.1 Å². The molecule has 2 unspecified atom stereocenters. The Labute approximate surface area is 122 Å². The molecule has 2 atom stereocenters. The normalized spacial score (nSPS) is 25.4. The van der Waals surface area contributed by atoms with Gasteiger partial charge in [-0.25, -0.2) is 4.98 Å². The number of aromatic nitrogens is 2. The van der Waals surface area contributed by atoms with Gasteiger partial charge < -0.3 is 10.2 Å². The number of nitrogens with zero attached hydrogens (tertiary/aromatic N) is 3. The standard InChI is InChI=1S/C16H26N4/c1-12(2)6-17-7-15-8-18-9-16(19-15)20-10-13-4-3-5-14(13)11-20/h8-9,12-14,17H,3-7,10-11H2,1-2H3. The lowest BCUT2D eigenvalue weighted by Crippen LogP contribution is -2.24. The van der Waals surface area contributed by atoms with E-state index in [1.807, 2.05) is 12.4 Å². The Kier molecular flexibility index (Phi) is 4.20. The predicted octanol–water partition coefficient (Wildman–Crippen LogP) is 2.46. The molecule has 0 radical (unpaired) electrons. The van der Waals surface area contributed by atoms with E-state index in [0.29, 0.717) is 5.92 Å². The van der Waals surface area contributed by atoms with Crippen molar-refractivity contribution in [3.63, 3.8) is 0 Å². The lowest BCUT2D eigenvalue weighted by molar-refractivity contribution is 0.494. The largest absolute Gasteiger partial charge is 0.355 e. The Hall–Kier alpha value is -1.16. The molecule has 1 saturated heterocycles. The molecule has 0 amide bonds. The van der Waals surface area contributed by atoms with Crippen LogP contribution < -0.4 is 10.2 Å². The third-order valence-corrected chi connectivity index (χ3v) is 4.58. The maximum atomic E-state index is 4.78. The fourth-order valence-corrected chi connectivity index (χ4v) is 3.54. The minimum absolute atomic E-state index is 0.670. The van der Waals surface area contributed by atoms with E-state index < -0.39 is 0 Å². The third-order valence-electron chi connectivity index (χ3n) is 4.58.